The Kier molecular flexibility index (Phi) is 4.45. The van der Waals surface area contributed by atoms with Crippen molar-refractivity contribution >= 4 is 45.2 Å². The normalized spacial score (nSPS) is 11.1. The lowest BCUT2D eigenvalue weighted by Crippen LogP contribution is -2.13. The highest BCUT2D eigenvalue weighted by Gasteiger charge is 2.15. The number of aromatic nitrogens is 2. The molecular weight excluding hydrogens is 398 g/mol. The molecule has 5 rings (SSSR count). The molecule has 2 heterocycles. The number of carbonyl (C=O) groups is 1. The van der Waals surface area contributed by atoms with E-state index in [4.69, 9.17) is 16.0 Å². The molecule has 0 bridgehead atoms. The Morgan fingerprint density at radius 2 is 1.83 bits per heavy atom. The van der Waals surface area contributed by atoms with Gasteiger partial charge in [0, 0.05) is 33.4 Å². The van der Waals surface area contributed by atoms with E-state index in [9.17, 15) is 4.79 Å². The Morgan fingerprint density at radius 1 is 1.00 bits per heavy atom. The largest absolute Gasteiger partial charge is 0.434 e. The molecule has 0 atom stereocenters. The molecule has 6 heteroatoms. The molecule has 0 spiro atoms. The minimum Gasteiger partial charge on any atom is -0.434 e. The van der Waals surface area contributed by atoms with Gasteiger partial charge in [-0.3, -0.25) is 4.79 Å². The quantitative estimate of drug-likeness (QED) is 0.379. The van der Waals surface area contributed by atoms with E-state index in [2.05, 4.69) is 15.3 Å². The topological polar surface area (TPSA) is 68.0 Å². The lowest BCUT2D eigenvalue weighted by molar-refractivity contribution is 0.102. The summed E-state index contributed by atoms with van der Waals surface area (Å²) < 4.78 is 5.81. The Balaban J connectivity index is 1.51. The first-order valence-corrected chi connectivity index (χ1v) is 9.79. The molecule has 0 aliphatic heterocycles. The van der Waals surface area contributed by atoms with E-state index in [1.807, 2.05) is 61.5 Å². The van der Waals surface area contributed by atoms with Gasteiger partial charge in [-0.2, -0.15) is 4.98 Å². The van der Waals surface area contributed by atoms with Crippen LogP contribution in [0.1, 0.15) is 15.9 Å². The van der Waals surface area contributed by atoms with Crippen LogP contribution >= 0.6 is 11.6 Å². The second kappa shape index (κ2) is 7.28. The first-order chi connectivity index (χ1) is 14.6. The number of anilines is 1. The van der Waals surface area contributed by atoms with Crippen LogP contribution in [0, 0.1) is 6.92 Å². The fraction of sp³-hybridized carbons (Fsp3) is 0.0417. The molecule has 0 saturated carbocycles. The smallest absolute Gasteiger partial charge is 0.256 e. The summed E-state index contributed by atoms with van der Waals surface area (Å²) >= 11 is 6.29. The molecule has 146 valence electrons. The maximum absolute atomic E-state index is 13.1. The molecule has 30 heavy (non-hydrogen) atoms. The zero-order valence-corrected chi connectivity index (χ0v) is 16.8. The number of benzene rings is 3. The number of carbonyl (C=O) groups excluding carboxylic acids is 1. The van der Waals surface area contributed by atoms with Gasteiger partial charge in [-0.15, -0.1) is 0 Å². The van der Waals surface area contributed by atoms with E-state index in [1.54, 1.807) is 18.3 Å². The fourth-order valence-corrected chi connectivity index (χ4v) is 3.68. The average molecular weight is 414 g/mol. The van der Waals surface area contributed by atoms with Gasteiger partial charge < -0.3 is 9.73 Å². The Morgan fingerprint density at radius 3 is 2.70 bits per heavy atom. The van der Waals surface area contributed by atoms with Crippen molar-refractivity contribution in [2.45, 2.75) is 6.92 Å². The number of oxazole rings is 1. The van der Waals surface area contributed by atoms with Crippen LogP contribution in [0.3, 0.4) is 0 Å². The molecule has 0 unspecified atom stereocenters. The molecule has 2 aromatic heterocycles. The highest BCUT2D eigenvalue weighted by Crippen LogP contribution is 2.29. The number of aryl methyl sites for hydroxylation is 1. The fourth-order valence-electron chi connectivity index (χ4n) is 3.44. The number of fused-ring (bicyclic) bond motifs is 2. The number of amides is 1. The molecule has 1 amide bonds. The van der Waals surface area contributed by atoms with Gasteiger partial charge in [0.25, 0.3) is 5.91 Å². The van der Waals surface area contributed by atoms with Gasteiger partial charge in [-0.05, 0) is 54.3 Å². The summed E-state index contributed by atoms with van der Waals surface area (Å²) in [5.41, 5.74) is 4.10. The molecule has 5 aromatic rings. The first kappa shape index (κ1) is 18.3. The maximum Gasteiger partial charge on any atom is 0.256 e. The van der Waals surface area contributed by atoms with Gasteiger partial charge in [0.2, 0.25) is 5.89 Å². The van der Waals surface area contributed by atoms with E-state index in [0.29, 0.717) is 33.4 Å². The standard InChI is InChI=1S/C24H16ClN3O2/c1-14-10-11-15(24-28-22-21(30-24)9-4-12-26-22)13-20(14)27-23(29)18-7-2-6-17-16(18)5-3-8-19(17)25/h2-13H,1H3,(H,27,29). The van der Waals surface area contributed by atoms with Crippen LogP contribution in [0.4, 0.5) is 5.69 Å². The monoisotopic (exact) mass is 413 g/mol. The molecule has 0 fully saturated rings. The van der Waals surface area contributed by atoms with Crippen molar-refractivity contribution in [2.24, 2.45) is 0 Å². The average Bonchev–Trinajstić information content (AvgIpc) is 3.19. The number of hydrogen-bond donors (Lipinski definition) is 1. The van der Waals surface area contributed by atoms with Crippen LogP contribution in [-0.2, 0) is 0 Å². The molecule has 0 aliphatic rings. The lowest BCUT2D eigenvalue weighted by Gasteiger charge is -2.12. The van der Waals surface area contributed by atoms with Crippen molar-refractivity contribution in [3.8, 4) is 11.5 Å². The third-order valence-electron chi connectivity index (χ3n) is 5.01. The molecule has 3 aromatic carbocycles. The lowest BCUT2D eigenvalue weighted by atomic mass is 10.0. The summed E-state index contributed by atoms with van der Waals surface area (Å²) in [6.45, 7) is 1.94. The van der Waals surface area contributed by atoms with Crippen molar-refractivity contribution in [3.05, 3.63) is 89.1 Å². The van der Waals surface area contributed by atoms with E-state index in [-0.39, 0.29) is 5.91 Å². The zero-order valence-electron chi connectivity index (χ0n) is 16.0. The SMILES string of the molecule is Cc1ccc(-c2nc3ncccc3o2)cc1NC(=O)c1cccc2c(Cl)cccc12. The summed E-state index contributed by atoms with van der Waals surface area (Å²) in [6, 6.07) is 20.4. The van der Waals surface area contributed by atoms with Crippen LogP contribution in [0.15, 0.2) is 77.3 Å². The summed E-state index contributed by atoms with van der Waals surface area (Å²) in [6.07, 6.45) is 1.67. The number of nitrogens with zero attached hydrogens (tertiary/aromatic N) is 2. The van der Waals surface area contributed by atoms with Gasteiger partial charge in [0.05, 0.1) is 0 Å². The van der Waals surface area contributed by atoms with E-state index in [0.717, 1.165) is 21.9 Å². The van der Waals surface area contributed by atoms with E-state index < -0.39 is 0 Å². The van der Waals surface area contributed by atoms with Gasteiger partial charge in [-0.1, -0.05) is 41.9 Å². The Labute approximate surface area is 177 Å². The van der Waals surface area contributed by atoms with Crippen LogP contribution < -0.4 is 5.32 Å². The molecule has 1 N–H and O–H groups in total. The molecule has 0 radical (unpaired) electrons. The van der Waals surface area contributed by atoms with Gasteiger partial charge >= 0.3 is 0 Å². The summed E-state index contributed by atoms with van der Waals surface area (Å²) in [7, 11) is 0. The molecular formula is C24H16ClN3O2. The summed E-state index contributed by atoms with van der Waals surface area (Å²) in [5.74, 6) is 0.249. The van der Waals surface area contributed by atoms with Crippen molar-refractivity contribution < 1.29 is 9.21 Å². The van der Waals surface area contributed by atoms with Crippen molar-refractivity contribution in [1.82, 2.24) is 9.97 Å². The summed E-state index contributed by atoms with van der Waals surface area (Å²) in [4.78, 5) is 21.7. The van der Waals surface area contributed by atoms with E-state index >= 15 is 0 Å². The number of rotatable bonds is 3. The molecule has 5 nitrogen and oxygen atoms in total. The van der Waals surface area contributed by atoms with Crippen molar-refractivity contribution in [2.75, 3.05) is 5.32 Å². The Bertz CT molecular complexity index is 1390. The predicted molar refractivity (Wildman–Crippen MR) is 119 cm³/mol. The second-order valence-corrected chi connectivity index (χ2v) is 7.38. The predicted octanol–water partition coefficient (Wildman–Crippen LogP) is 6.26. The number of halogens is 1. The number of hydrogen-bond acceptors (Lipinski definition) is 4. The number of pyridine rings is 1. The second-order valence-electron chi connectivity index (χ2n) is 6.97. The summed E-state index contributed by atoms with van der Waals surface area (Å²) in [5, 5.41) is 5.28. The highest BCUT2D eigenvalue weighted by atomic mass is 35.5. The third kappa shape index (κ3) is 3.19. The first-order valence-electron chi connectivity index (χ1n) is 9.41. The maximum atomic E-state index is 13.1. The van der Waals surface area contributed by atoms with Crippen molar-refractivity contribution in [1.29, 1.82) is 0 Å². The minimum absolute atomic E-state index is 0.206. The van der Waals surface area contributed by atoms with Gasteiger partial charge in [0.1, 0.15) is 0 Å². The van der Waals surface area contributed by atoms with Crippen LogP contribution in [-0.4, -0.2) is 15.9 Å². The van der Waals surface area contributed by atoms with E-state index in [1.165, 1.54) is 0 Å². The minimum atomic E-state index is -0.206. The Hall–Kier alpha value is -3.70. The third-order valence-corrected chi connectivity index (χ3v) is 5.34. The van der Waals surface area contributed by atoms with Crippen LogP contribution in [0.25, 0.3) is 33.5 Å². The highest BCUT2D eigenvalue weighted by molar-refractivity contribution is 6.36. The van der Waals surface area contributed by atoms with Gasteiger partial charge in [-0.25, -0.2) is 4.98 Å². The zero-order chi connectivity index (χ0) is 20.7. The molecule has 0 saturated heterocycles. The van der Waals surface area contributed by atoms with Crippen LogP contribution in [0.5, 0.6) is 0 Å². The van der Waals surface area contributed by atoms with Crippen molar-refractivity contribution in [3.63, 3.8) is 0 Å². The van der Waals surface area contributed by atoms with Crippen LogP contribution in [0.2, 0.25) is 5.02 Å². The van der Waals surface area contributed by atoms with Gasteiger partial charge in [0.15, 0.2) is 11.2 Å². The number of nitrogens with one attached hydrogen (secondary N) is 1. The molecule has 0 aliphatic carbocycles.